The number of aliphatic hydroxyl groups excluding tert-OH is 1. The average molecular weight is 407 g/mol. The molecule has 0 amide bonds. The van der Waals surface area contributed by atoms with Crippen LogP contribution in [0, 0.1) is 5.92 Å². The molecule has 0 radical (unpaired) electrons. The first kappa shape index (κ1) is 25.5. The summed E-state index contributed by atoms with van der Waals surface area (Å²) in [6.07, 6.45) is 2.67. The minimum absolute atomic E-state index is 0.0493. The highest BCUT2D eigenvalue weighted by molar-refractivity contribution is 5.73. The van der Waals surface area contributed by atoms with E-state index in [0.29, 0.717) is 13.2 Å². The molecule has 2 unspecified atom stereocenters. The van der Waals surface area contributed by atoms with Crippen molar-refractivity contribution in [1.82, 2.24) is 19.9 Å². The van der Waals surface area contributed by atoms with Gasteiger partial charge in [0, 0.05) is 24.8 Å². The zero-order valence-corrected chi connectivity index (χ0v) is 19.9. The van der Waals surface area contributed by atoms with Crippen LogP contribution in [0.25, 0.3) is 11.2 Å². The molecule has 6 nitrogen and oxygen atoms in total. The third-order valence-corrected chi connectivity index (χ3v) is 4.41. The van der Waals surface area contributed by atoms with Crippen LogP contribution in [0.1, 0.15) is 79.2 Å². The zero-order valence-electron chi connectivity index (χ0n) is 19.9. The van der Waals surface area contributed by atoms with E-state index in [1.807, 2.05) is 27.1 Å². The lowest BCUT2D eigenvalue weighted by Gasteiger charge is -2.20. The van der Waals surface area contributed by atoms with Gasteiger partial charge in [-0.15, -0.1) is 0 Å². The molecule has 2 atom stereocenters. The van der Waals surface area contributed by atoms with E-state index < -0.39 is 0 Å². The summed E-state index contributed by atoms with van der Waals surface area (Å²) in [7, 11) is 2.04. The molecular formula is C23H42N4O2. The third kappa shape index (κ3) is 7.36. The summed E-state index contributed by atoms with van der Waals surface area (Å²) in [5, 5.41) is 12.8. The molecule has 29 heavy (non-hydrogen) atoms. The molecule has 1 fully saturated rings. The molecule has 1 aliphatic heterocycles. The predicted molar refractivity (Wildman–Crippen MR) is 121 cm³/mol. The molecule has 2 aromatic heterocycles. The molecule has 0 saturated carbocycles. The van der Waals surface area contributed by atoms with Gasteiger partial charge >= 0.3 is 0 Å². The van der Waals surface area contributed by atoms with Crippen LogP contribution in [0.3, 0.4) is 0 Å². The first-order valence-corrected chi connectivity index (χ1v) is 10.9. The molecule has 1 aliphatic rings. The molecule has 166 valence electrons. The Balaban J connectivity index is 0.000000627. The van der Waals surface area contributed by atoms with Crippen molar-refractivity contribution in [3.63, 3.8) is 0 Å². The summed E-state index contributed by atoms with van der Waals surface area (Å²) in [5.74, 6) is 0.833. The second-order valence-electron chi connectivity index (χ2n) is 9.04. The summed E-state index contributed by atoms with van der Waals surface area (Å²) in [6.45, 7) is 18.3. The third-order valence-electron chi connectivity index (χ3n) is 4.41. The second kappa shape index (κ2) is 11.6. The van der Waals surface area contributed by atoms with E-state index in [4.69, 9.17) is 9.72 Å². The van der Waals surface area contributed by atoms with Crippen LogP contribution >= 0.6 is 0 Å². The van der Waals surface area contributed by atoms with Gasteiger partial charge in [0.2, 0.25) is 0 Å². The summed E-state index contributed by atoms with van der Waals surface area (Å²) >= 11 is 0. The van der Waals surface area contributed by atoms with E-state index in [1.165, 1.54) is 5.69 Å². The molecule has 0 spiro atoms. The molecular weight excluding hydrogens is 364 g/mol. The van der Waals surface area contributed by atoms with Crippen LogP contribution in [-0.2, 0) is 17.2 Å². The van der Waals surface area contributed by atoms with Gasteiger partial charge in [0.1, 0.15) is 5.52 Å². The number of aromatic nitrogens is 3. The lowest BCUT2D eigenvalue weighted by molar-refractivity contribution is 0.109. The Bertz CT molecular complexity index is 732. The number of ether oxygens (including phenoxy) is 1. The monoisotopic (exact) mass is 406 g/mol. The number of rotatable bonds is 2. The number of nitrogens with one attached hydrogen (secondary N) is 1. The Hall–Kier alpha value is -1.50. The fraction of sp³-hybridized carbons (Fsp3) is 0.739. The van der Waals surface area contributed by atoms with Gasteiger partial charge in [-0.25, -0.2) is 4.98 Å². The fourth-order valence-electron chi connectivity index (χ4n) is 3.16. The Kier molecular flexibility index (Phi) is 10.2. The summed E-state index contributed by atoms with van der Waals surface area (Å²) < 4.78 is 7.66. The van der Waals surface area contributed by atoms with E-state index in [1.54, 1.807) is 0 Å². The van der Waals surface area contributed by atoms with E-state index in [-0.39, 0.29) is 24.1 Å². The minimum Gasteiger partial charge on any atom is -0.395 e. The first-order chi connectivity index (χ1) is 13.6. The van der Waals surface area contributed by atoms with Crippen molar-refractivity contribution in [2.45, 2.75) is 79.3 Å². The molecule has 3 heterocycles. The molecule has 6 heteroatoms. The number of aliphatic hydroxyl groups is 1. The van der Waals surface area contributed by atoms with Gasteiger partial charge in [0.05, 0.1) is 37.2 Å². The summed E-state index contributed by atoms with van der Waals surface area (Å²) in [6, 6.07) is 2.12. The molecule has 2 aromatic rings. The lowest BCUT2D eigenvalue weighted by Crippen LogP contribution is -2.37. The standard InChI is InChI=1S/C17H26N4O2.C4H10.C2H6/c1-17(2,3)15-7-13-16(21(15)4)20-14(8-18-13)12-5-6-23-10-11(9-22)19-12;1-4(2)3;1-2/h7-8,11-12,19,22H,5-6,9-10H2,1-4H3;4H,1-3H3;1-2H3. The average Bonchev–Trinajstić information content (AvgIpc) is 2.84. The Morgan fingerprint density at radius 3 is 2.45 bits per heavy atom. The van der Waals surface area contributed by atoms with Crippen LogP contribution in [-0.4, -0.2) is 45.5 Å². The van der Waals surface area contributed by atoms with Crippen LogP contribution in [0.2, 0.25) is 0 Å². The van der Waals surface area contributed by atoms with E-state index in [2.05, 4.69) is 62.5 Å². The fourth-order valence-corrected chi connectivity index (χ4v) is 3.16. The van der Waals surface area contributed by atoms with Gasteiger partial charge in [0.25, 0.3) is 0 Å². The van der Waals surface area contributed by atoms with Gasteiger partial charge in [0.15, 0.2) is 5.65 Å². The quantitative estimate of drug-likeness (QED) is 0.775. The highest BCUT2D eigenvalue weighted by Crippen LogP contribution is 2.28. The SMILES string of the molecule is CC.CC(C)C.Cn1c(C(C)(C)C)cc2ncc(C3CCOCC(CO)N3)nc21. The van der Waals surface area contributed by atoms with Crippen molar-refractivity contribution in [2.24, 2.45) is 13.0 Å². The number of hydrogen-bond donors (Lipinski definition) is 2. The molecule has 3 rings (SSSR count). The van der Waals surface area contributed by atoms with Gasteiger partial charge in [-0.05, 0) is 18.4 Å². The van der Waals surface area contributed by atoms with Crippen molar-refractivity contribution in [3.8, 4) is 0 Å². The minimum atomic E-state index is -0.0569. The number of nitrogens with zero attached hydrogens (tertiary/aromatic N) is 3. The molecule has 0 bridgehead atoms. The van der Waals surface area contributed by atoms with Crippen molar-refractivity contribution in [1.29, 1.82) is 0 Å². The predicted octanol–water partition coefficient (Wildman–Crippen LogP) is 4.37. The van der Waals surface area contributed by atoms with Crippen molar-refractivity contribution < 1.29 is 9.84 Å². The molecule has 0 aromatic carbocycles. The Labute approximate surface area is 177 Å². The summed E-state index contributed by atoms with van der Waals surface area (Å²) in [4.78, 5) is 9.45. The highest BCUT2D eigenvalue weighted by atomic mass is 16.5. The topological polar surface area (TPSA) is 72.2 Å². The molecule has 1 saturated heterocycles. The largest absolute Gasteiger partial charge is 0.395 e. The normalized spacial score (nSPS) is 19.8. The maximum Gasteiger partial charge on any atom is 0.158 e. The maximum absolute atomic E-state index is 9.41. The Morgan fingerprint density at radius 1 is 1.28 bits per heavy atom. The van der Waals surface area contributed by atoms with Crippen LogP contribution in [0.4, 0.5) is 0 Å². The lowest BCUT2D eigenvalue weighted by atomic mass is 9.92. The van der Waals surface area contributed by atoms with Gasteiger partial charge in [-0.1, -0.05) is 55.4 Å². The van der Waals surface area contributed by atoms with Crippen molar-refractivity contribution >= 4 is 11.2 Å². The number of fused-ring (bicyclic) bond motifs is 1. The highest BCUT2D eigenvalue weighted by Gasteiger charge is 2.24. The second-order valence-corrected chi connectivity index (χ2v) is 9.04. The van der Waals surface area contributed by atoms with Crippen LogP contribution in [0.5, 0.6) is 0 Å². The summed E-state index contributed by atoms with van der Waals surface area (Å²) in [5.41, 5.74) is 4.00. The van der Waals surface area contributed by atoms with E-state index in [9.17, 15) is 5.11 Å². The van der Waals surface area contributed by atoms with Crippen molar-refractivity contribution in [2.75, 3.05) is 19.8 Å². The van der Waals surface area contributed by atoms with Gasteiger partial charge in [-0.2, -0.15) is 0 Å². The number of hydrogen-bond acceptors (Lipinski definition) is 5. The van der Waals surface area contributed by atoms with Crippen LogP contribution in [0.15, 0.2) is 12.3 Å². The van der Waals surface area contributed by atoms with Gasteiger partial charge < -0.3 is 19.7 Å². The van der Waals surface area contributed by atoms with Crippen molar-refractivity contribution in [3.05, 3.63) is 23.7 Å². The van der Waals surface area contributed by atoms with E-state index >= 15 is 0 Å². The van der Waals surface area contributed by atoms with E-state index in [0.717, 1.165) is 29.2 Å². The number of aryl methyl sites for hydroxylation is 1. The zero-order chi connectivity index (χ0) is 22.2. The maximum atomic E-state index is 9.41. The first-order valence-electron chi connectivity index (χ1n) is 10.9. The van der Waals surface area contributed by atoms with Crippen LogP contribution < -0.4 is 5.32 Å². The molecule has 0 aliphatic carbocycles. The van der Waals surface area contributed by atoms with Gasteiger partial charge in [-0.3, -0.25) is 4.98 Å². The Morgan fingerprint density at radius 2 is 1.90 bits per heavy atom. The molecule has 2 N–H and O–H groups in total. The smallest absolute Gasteiger partial charge is 0.158 e.